The van der Waals surface area contributed by atoms with Crippen LogP contribution in [0.1, 0.15) is 21.6 Å². The summed E-state index contributed by atoms with van der Waals surface area (Å²) in [7, 11) is 0. The van der Waals surface area contributed by atoms with Gasteiger partial charge in [0.2, 0.25) is 0 Å². The van der Waals surface area contributed by atoms with Crippen LogP contribution in [0.4, 0.5) is 20.6 Å². The van der Waals surface area contributed by atoms with Gasteiger partial charge in [0.05, 0.1) is 41.4 Å². The van der Waals surface area contributed by atoms with E-state index in [1.807, 2.05) is 6.92 Å². The number of aryl methyl sites for hydroxylation is 1. The minimum absolute atomic E-state index is 0.125. The number of rotatable bonds is 3. The lowest BCUT2D eigenvalue weighted by molar-refractivity contribution is 0.0997. The molecule has 5 rings (SSSR count). The number of benzene rings is 2. The molecule has 3 heterocycles. The lowest BCUT2D eigenvalue weighted by Gasteiger charge is -2.28. The number of hydrogen-bond donors (Lipinski definition) is 4. The third-order valence-corrected chi connectivity index (χ3v) is 5.82. The maximum Gasteiger partial charge on any atom is 0.322 e. The van der Waals surface area contributed by atoms with Crippen LogP contribution in [0.2, 0.25) is 0 Å². The largest absolute Gasteiger partial charge is 0.399 e. The fraction of sp³-hybridized carbons (Fsp3) is 0.182. The molecule has 2 aromatic carbocycles. The van der Waals surface area contributed by atoms with Crippen molar-refractivity contribution in [1.29, 1.82) is 0 Å². The lowest BCUT2D eigenvalue weighted by atomic mass is 10.0. The van der Waals surface area contributed by atoms with E-state index < -0.39 is 11.7 Å². The molecule has 10 nitrogen and oxygen atoms in total. The predicted molar refractivity (Wildman–Crippen MR) is 121 cm³/mol. The van der Waals surface area contributed by atoms with E-state index in [-0.39, 0.29) is 23.8 Å². The minimum Gasteiger partial charge on any atom is -0.399 e. The molecule has 0 radical (unpaired) electrons. The first-order valence-electron chi connectivity index (χ1n) is 10.3. The van der Waals surface area contributed by atoms with Gasteiger partial charge in [-0.2, -0.15) is 10.2 Å². The number of anilines is 2. The number of aromatic nitrogens is 4. The van der Waals surface area contributed by atoms with E-state index in [1.165, 1.54) is 12.3 Å². The first kappa shape index (κ1) is 20.5. The second-order valence-corrected chi connectivity index (χ2v) is 7.97. The number of H-pyrrole nitrogens is 1. The number of nitrogen functional groups attached to an aromatic ring is 1. The molecular formula is C22H21FN8O2. The van der Waals surface area contributed by atoms with Crippen molar-refractivity contribution in [2.75, 3.05) is 17.6 Å². The number of fused-ring (bicyclic) bond motifs is 2. The number of nitrogens with two attached hydrogens (primary N) is 2. The molecule has 0 unspecified atom stereocenters. The van der Waals surface area contributed by atoms with Crippen LogP contribution in [-0.2, 0) is 13.1 Å². The van der Waals surface area contributed by atoms with E-state index in [0.29, 0.717) is 46.6 Å². The molecule has 2 aromatic heterocycles. The van der Waals surface area contributed by atoms with Crippen LogP contribution in [0, 0.1) is 12.7 Å². The standard InChI is InChI=1S/C22H21FN8O2/c1-11-6-13(2-3-16(11)24)27-22(33)30-4-5-31-18(10-30)19(21(25)32)20(29-31)12-7-15(23)14-9-26-28-17(14)8-12/h2-3,6-9H,4-5,10,24H2,1H3,(H2,25,32)(H,26,28)(H,27,33). The molecule has 33 heavy (non-hydrogen) atoms. The van der Waals surface area contributed by atoms with Crippen LogP contribution in [0.3, 0.4) is 0 Å². The van der Waals surface area contributed by atoms with Gasteiger partial charge in [-0.1, -0.05) is 0 Å². The number of nitrogens with one attached hydrogen (secondary N) is 2. The number of nitrogens with zero attached hydrogens (tertiary/aromatic N) is 4. The second kappa shape index (κ2) is 7.62. The number of carbonyl (C=O) groups is 2. The monoisotopic (exact) mass is 448 g/mol. The van der Waals surface area contributed by atoms with Gasteiger partial charge in [0.15, 0.2) is 0 Å². The fourth-order valence-electron chi connectivity index (χ4n) is 4.05. The van der Waals surface area contributed by atoms with Crippen molar-refractivity contribution in [3.63, 3.8) is 0 Å². The van der Waals surface area contributed by atoms with Gasteiger partial charge in [-0.3, -0.25) is 14.6 Å². The Bertz CT molecular complexity index is 1420. The van der Waals surface area contributed by atoms with Crippen molar-refractivity contribution in [2.45, 2.75) is 20.0 Å². The van der Waals surface area contributed by atoms with Crippen molar-refractivity contribution < 1.29 is 14.0 Å². The molecule has 0 saturated carbocycles. The molecule has 11 heteroatoms. The zero-order valence-corrected chi connectivity index (χ0v) is 17.7. The molecular weight excluding hydrogens is 427 g/mol. The molecule has 1 aliphatic rings. The van der Waals surface area contributed by atoms with E-state index in [2.05, 4.69) is 20.6 Å². The third-order valence-electron chi connectivity index (χ3n) is 5.82. The van der Waals surface area contributed by atoms with Gasteiger partial charge in [-0.15, -0.1) is 0 Å². The molecule has 0 aliphatic carbocycles. The highest BCUT2D eigenvalue weighted by atomic mass is 19.1. The molecule has 0 bridgehead atoms. The smallest absolute Gasteiger partial charge is 0.322 e. The Kier molecular flexibility index (Phi) is 4.73. The highest BCUT2D eigenvalue weighted by molar-refractivity contribution is 6.01. The summed E-state index contributed by atoms with van der Waals surface area (Å²) in [6, 6.07) is 7.87. The summed E-state index contributed by atoms with van der Waals surface area (Å²) in [5.41, 5.74) is 15.4. The van der Waals surface area contributed by atoms with E-state index >= 15 is 0 Å². The van der Waals surface area contributed by atoms with Gasteiger partial charge >= 0.3 is 6.03 Å². The zero-order chi connectivity index (χ0) is 23.3. The van der Waals surface area contributed by atoms with Gasteiger partial charge in [0.1, 0.15) is 11.5 Å². The number of hydrogen-bond acceptors (Lipinski definition) is 5. The minimum atomic E-state index is -0.701. The maximum absolute atomic E-state index is 14.5. The van der Waals surface area contributed by atoms with Crippen molar-refractivity contribution in [2.24, 2.45) is 5.73 Å². The Balaban J connectivity index is 1.47. The Hall–Kier alpha value is -4.41. The van der Waals surface area contributed by atoms with Gasteiger partial charge in [-0.05, 0) is 42.8 Å². The van der Waals surface area contributed by atoms with Crippen LogP contribution < -0.4 is 16.8 Å². The summed E-state index contributed by atoms with van der Waals surface area (Å²) in [6.07, 6.45) is 1.39. The highest BCUT2D eigenvalue weighted by Gasteiger charge is 2.30. The van der Waals surface area contributed by atoms with Crippen LogP contribution >= 0.6 is 0 Å². The maximum atomic E-state index is 14.5. The Morgan fingerprint density at radius 2 is 2.03 bits per heavy atom. The van der Waals surface area contributed by atoms with Gasteiger partial charge < -0.3 is 21.7 Å². The number of amides is 3. The first-order chi connectivity index (χ1) is 15.8. The summed E-state index contributed by atoms with van der Waals surface area (Å²) in [6.45, 7) is 2.72. The van der Waals surface area contributed by atoms with Gasteiger partial charge in [0.25, 0.3) is 5.91 Å². The lowest BCUT2D eigenvalue weighted by Crippen LogP contribution is -2.41. The number of carbonyl (C=O) groups excluding carboxylic acids is 2. The fourth-order valence-corrected chi connectivity index (χ4v) is 4.05. The van der Waals surface area contributed by atoms with Crippen molar-refractivity contribution in [3.8, 4) is 11.3 Å². The molecule has 4 aromatic rings. The van der Waals surface area contributed by atoms with Crippen LogP contribution in [0.25, 0.3) is 22.2 Å². The summed E-state index contributed by atoms with van der Waals surface area (Å²) < 4.78 is 16.2. The third kappa shape index (κ3) is 3.53. The van der Waals surface area contributed by atoms with Crippen molar-refractivity contribution in [1.82, 2.24) is 24.9 Å². The average Bonchev–Trinajstić information content (AvgIpc) is 3.40. The normalized spacial score (nSPS) is 13.2. The predicted octanol–water partition coefficient (Wildman–Crippen LogP) is 2.60. The Morgan fingerprint density at radius 3 is 2.79 bits per heavy atom. The quantitative estimate of drug-likeness (QED) is 0.356. The summed E-state index contributed by atoms with van der Waals surface area (Å²) in [5.74, 6) is -1.19. The second-order valence-electron chi connectivity index (χ2n) is 7.97. The molecule has 6 N–H and O–H groups in total. The van der Waals surface area contributed by atoms with Crippen molar-refractivity contribution in [3.05, 3.63) is 59.2 Å². The molecule has 0 fully saturated rings. The Labute approximate surface area is 187 Å². The topological polar surface area (TPSA) is 148 Å². The van der Waals surface area contributed by atoms with Gasteiger partial charge in [-0.25, -0.2) is 9.18 Å². The SMILES string of the molecule is Cc1cc(NC(=O)N2CCn3nc(-c4cc(F)c5cn[nH]c5c4)c(C(N)=O)c3C2)ccc1N. The summed E-state index contributed by atoms with van der Waals surface area (Å²) in [4.78, 5) is 26.8. The number of urea groups is 1. The number of aromatic amines is 1. The summed E-state index contributed by atoms with van der Waals surface area (Å²) in [5, 5.41) is 14.3. The van der Waals surface area contributed by atoms with E-state index in [0.717, 1.165) is 5.56 Å². The first-order valence-corrected chi connectivity index (χ1v) is 10.3. The highest BCUT2D eigenvalue weighted by Crippen LogP contribution is 2.31. The number of primary amides is 1. The molecule has 168 valence electrons. The Morgan fingerprint density at radius 1 is 1.21 bits per heavy atom. The number of halogens is 1. The van der Waals surface area contributed by atoms with Crippen LogP contribution in [-0.4, -0.2) is 43.4 Å². The molecule has 0 atom stereocenters. The molecule has 3 amide bonds. The van der Waals surface area contributed by atoms with E-state index in [4.69, 9.17) is 11.5 Å². The van der Waals surface area contributed by atoms with Crippen LogP contribution in [0.5, 0.6) is 0 Å². The van der Waals surface area contributed by atoms with E-state index in [1.54, 1.807) is 33.8 Å². The summed E-state index contributed by atoms with van der Waals surface area (Å²) >= 11 is 0. The average molecular weight is 448 g/mol. The van der Waals surface area contributed by atoms with E-state index in [9.17, 15) is 14.0 Å². The van der Waals surface area contributed by atoms with Crippen molar-refractivity contribution >= 4 is 34.2 Å². The van der Waals surface area contributed by atoms with Gasteiger partial charge in [0, 0.05) is 23.5 Å². The molecule has 0 spiro atoms. The van der Waals surface area contributed by atoms with Crippen LogP contribution in [0.15, 0.2) is 36.5 Å². The molecule has 0 saturated heterocycles. The zero-order valence-electron chi connectivity index (χ0n) is 17.7. The molecule has 1 aliphatic heterocycles.